The van der Waals surface area contributed by atoms with Gasteiger partial charge in [-0.3, -0.25) is 19.6 Å². The molecule has 0 unspecified atom stereocenters. The number of nitrogens with zero attached hydrogens (tertiary/aromatic N) is 3. The minimum absolute atomic E-state index is 0.0147. The topological polar surface area (TPSA) is 133 Å². The summed E-state index contributed by atoms with van der Waals surface area (Å²) in [4.78, 5) is 41.0. The minimum Gasteiger partial charge on any atom is -0.508 e. The van der Waals surface area contributed by atoms with E-state index in [4.69, 9.17) is 4.98 Å². The van der Waals surface area contributed by atoms with E-state index >= 15 is 0 Å². The maximum atomic E-state index is 14.4. The summed E-state index contributed by atoms with van der Waals surface area (Å²) >= 11 is 0. The summed E-state index contributed by atoms with van der Waals surface area (Å²) in [5.41, 5.74) is 6.34. The summed E-state index contributed by atoms with van der Waals surface area (Å²) in [6.45, 7) is 8.32. The van der Waals surface area contributed by atoms with E-state index in [2.05, 4.69) is 25.6 Å². The number of benzene rings is 3. The second-order valence-electron chi connectivity index (χ2n) is 14.2. The number of rotatable bonds is 8. The Morgan fingerprint density at radius 2 is 1.53 bits per heavy atom. The molecule has 0 bridgehead atoms. The molecule has 0 atom stereocenters. The van der Waals surface area contributed by atoms with E-state index in [-0.39, 0.29) is 40.4 Å². The first-order valence-electron chi connectivity index (χ1n) is 17.3. The van der Waals surface area contributed by atoms with Gasteiger partial charge in [0.05, 0.1) is 22.6 Å². The van der Waals surface area contributed by atoms with E-state index < -0.39 is 5.82 Å². The van der Waals surface area contributed by atoms with Crippen LogP contribution in [0.1, 0.15) is 59.9 Å². The third kappa shape index (κ3) is 9.36. The van der Waals surface area contributed by atoms with Crippen molar-refractivity contribution in [3.8, 4) is 50.9 Å². The summed E-state index contributed by atoms with van der Waals surface area (Å²) < 4.78 is 27.7. The zero-order valence-corrected chi connectivity index (χ0v) is 29.9. The van der Waals surface area contributed by atoms with Gasteiger partial charge in [0.25, 0.3) is 11.8 Å². The number of carbonyl (C=O) groups excluding carboxylic acids is 2. The first kappa shape index (κ1) is 36.6. The van der Waals surface area contributed by atoms with Gasteiger partial charge in [-0.1, -0.05) is 20.8 Å². The molecule has 1 saturated carbocycles. The number of hydrogen-bond donors (Lipinski definition) is 4. The summed E-state index contributed by atoms with van der Waals surface area (Å²) in [6, 6.07) is 23.3. The van der Waals surface area contributed by atoms with Crippen molar-refractivity contribution < 1.29 is 23.5 Å². The third-order valence-corrected chi connectivity index (χ3v) is 8.53. The first-order valence-corrected chi connectivity index (χ1v) is 17.3. The lowest BCUT2D eigenvalue weighted by Gasteiger charge is -2.18. The Balaban J connectivity index is 0.000000182. The van der Waals surface area contributed by atoms with Crippen molar-refractivity contribution in [2.24, 2.45) is 5.41 Å². The maximum Gasteiger partial charge on any atom is 0.252 e. The molecule has 9 nitrogen and oxygen atoms in total. The van der Waals surface area contributed by atoms with Crippen LogP contribution in [0.2, 0.25) is 0 Å². The molecule has 2 amide bonds. The molecule has 0 aliphatic heterocycles. The highest BCUT2D eigenvalue weighted by Crippen LogP contribution is 2.33. The first-order chi connectivity index (χ1) is 25.3. The number of halogens is 2. The Labute approximate surface area is 306 Å². The van der Waals surface area contributed by atoms with Crippen LogP contribution in [0.4, 0.5) is 8.78 Å². The van der Waals surface area contributed by atoms with Crippen LogP contribution in [0.5, 0.6) is 5.75 Å². The van der Waals surface area contributed by atoms with E-state index in [0.717, 1.165) is 40.9 Å². The molecule has 270 valence electrons. The molecule has 1 aliphatic carbocycles. The van der Waals surface area contributed by atoms with Gasteiger partial charge < -0.3 is 20.7 Å². The lowest BCUT2D eigenvalue weighted by atomic mass is 9.97. The maximum absolute atomic E-state index is 14.4. The van der Waals surface area contributed by atoms with Gasteiger partial charge in [0, 0.05) is 59.0 Å². The molecule has 4 N–H and O–H groups in total. The van der Waals surface area contributed by atoms with Crippen molar-refractivity contribution in [2.45, 2.75) is 46.6 Å². The zero-order valence-electron chi connectivity index (χ0n) is 29.9. The predicted octanol–water partition coefficient (Wildman–Crippen LogP) is 8.51. The average molecular weight is 715 g/mol. The molecule has 6 aromatic rings. The van der Waals surface area contributed by atoms with Crippen LogP contribution < -0.4 is 10.6 Å². The summed E-state index contributed by atoms with van der Waals surface area (Å²) in [7, 11) is 0. The number of phenolic OH excluding ortho intramolecular Hbond substituents is 1. The van der Waals surface area contributed by atoms with Crippen molar-refractivity contribution in [3.63, 3.8) is 0 Å². The number of carbonyl (C=O) groups is 2. The van der Waals surface area contributed by atoms with Crippen LogP contribution in [0.3, 0.4) is 0 Å². The molecule has 53 heavy (non-hydrogen) atoms. The van der Waals surface area contributed by atoms with Crippen LogP contribution in [0, 0.1) is 24.0 Å². The lowest BCUT2D eigenvalue weighted by Crippen LogP contribution is -2.32. The number of hydrogen-bond acceptors (Lipinski definition) is 6. The fourth-order valence-electron chi connectivity index (χ4n) is 5.38. The molecule has 0 saturated heterocycles. The standard InChI is InChI=1S/C22H26FN3O2.C20H14FN3O/c1-13-17(9-15(10-18(13)23)21(28)26-16-6-7-16)19-8-5-14(11-24-19)20(27)25-12-22(2,3)4;21-16-5-1-13(2-6-16)18-19(14-9-11-22-12-10-14)24-20(23-18)15-3-7-17(25)8-4-15/h5,8-11,16H,6-7,12H2,1-4H3,(H,25,27)(H,26,28);1-12,25H,(H,23,24). The van der Waals surface area contributed by atoms with Gasteiger partial charge in [-0.25, -0.2) is 13.8 Å². The second kappa shape index (κ2) is 15.6. The zero-order chi connectivity index (χ0) is 37.7. The van der Waals surface area contributed by atoms with Gasteiger partial charge in [0.1, 0.15) is 23.2 Å². The smallest absolute Gasteiger partial charge is 0.252 e. The predicted molar refractivity (Wildman–Crippen MR) is 201 cm³/mol. The van der Waals surface area contributed by atoms with Crippen LogP contribution >= 0.6 is 0 Å². The highest BCUT2D eigenvalue weighted by molar-refractivity contribution is 5.96. The Kier molecular flexibility index (Phi) is 10.7. The van der Waals surface area contributed by atoms with Crippen LogP contribution in [0.15, 0.2) is 104 Å². The molecule has 11 heteroatoms. The number of aromatic nitrogens is 4. The molecule has 3 aromatic carbocycles. The van der Waals surface area contributed by atoms with E-state index in [1.165, 1.54) is 24.4 Å². The molecule has 3 aromatic heterocycles. The Morgan fingerprint density at radius 3 is 2.15 bits per heavy atom. The number of aromatic hydroxyl groups is 1. The van der Waals surface area contributed by atoms with E-state index in [1.807, 2.05) is 32.9 Å². The number of phenols is 1. The number of pyridine rings is 2. The summed E-state index contributed by atoms with van der Waals surface area (Å²) in [5.74, 6) is -0.347. The SMILES string of the molecule is Cc1c(F)cc(C(=O)NC2CC2)cc1-c1ccc(C(=O)NCC(C)(C)C)cn1.Oc1ccc(-c2nc(-c3ccc(F)cc3)c(-c3ccncc3)[nH]2)cc1. The van der Waals surface area contributed by atoms with Crippen molar-refractivity contribution in [3.05, 3.63) is 132 Å². The van der Waals surface area contributed by atoms with Crippen LogP contribution in [-0.4, -0.2) is 49.4 Å². The number of aromatic amines is 1. The molecular formula is C42H40F2N6O3. The highest BCUT2D eigenvalue weighted by atomic mass is 19.1. The van der Waals surface area contributed by atoms with Gasteiger partial charge >= 0.3 is 0 Å². The fourth-order valence-corrected chi connectivity index (χ4v) is 5.38. The molecule has 0 radical (unpaired) electrons. The van der Waals surface area contributed by atoms with Crippen molar-refractivity contribution >= 4 is 11.8 Å². The average Bonchev–Trinajstić information content (AvgIpc) is 3.86. The van der Waals surface area contributed by atoms with E-state index in [9.17, 15) is 23.5 Å². The molecule has 3 heterocycles. The van der Waals surface area contributed by atoms with Gasteiger partial charge in [-0.2, -0.15) is 0 Å². The number of imidazole rings is 1. The molecule has 1 aliphatic rings. The summed E-state index contributed by atoms with van der Waals surface area (Å²) in [6.07, 6.45) is 6.83. The molecule has 1 fully saturated rings. The molecular weight excluding hydrogens is 674 g/mol. The summed E-state index contributed by atoms with van der Waals surface area (Å²) in [5, 5.41) is 15.2. The Hall–Kier alpha value is -6.23. The van der Waals surface area contributed by atoms with E-state index in [0.29, 0.717) is 34.8 Å². The van der Waals surface area contributed by atoms with Gasteiger partial charge in [-0.05, 0) is 116 Å². The number of amides is 2. The van der Waals surface area contributed by atoms with Crippen molar-refractivity contribution in [1.82, 2.24) is 30.6 Å². The molecule has 7 rings (SSSR count). The molecule has 0 spiro atoms. The Morgan fingerprint density at radius 1 is 0.849 bits per heavy atom. The van der Waals surface area contributed by atoms with E-state index in [1.54, 1.807) is 73.9 Å². The Bertz CT molecular complexity index is 2210. The van der Waals surface area contributed by atoms with Crippen LogP contribution in [-0.2, 0) is 0 Å². The van der Waals surface area contributed by atoms with Crippen LogP contribution in [0.25, 0.3) is 45.2 Å². The monoisotopic (exact) mass is 714 g/mol. The normalized spacial score (nSPS) is 12.4. The highest BCUT2D eigenvalue weighted by Gasteiger charge is 2.25. The minimum atomic E-state index is -0.452. The third-order valence-electron chi connectivity index (χ3n) is 8.53. The number of H-pyrrole nitrogens is 1. The second-order valence-corrected chi connectivity index (χ2v) is 14.2. The van der Waals surface area contributed by atoms with Crippen molar-refractivity contribution in [1.29, 1.82) is 0 Å². The number of nitrogens with one attached hydrogen (secondary N) is 3. The van der Waals surface area contributed by atoms with Gasteiger partial charge in [0.15, 0.2) is 0 Å². The van der Waals surface area contributed by atoms with Gasteiger partial charge in [0.2, 0.25) is 0 Å². The quantitative estimate of drug-likeness (QED) is 0.125. The van der Waals surface area contributed by atoms with Crippen molar-refractivity contribution in [2.75, 3.05) is 6.54 Å². The largest absolute Gasteiger partial charge is 0.508 e. The van der Waals surface area contributed by atoms with Gasteiger partial charge in [-0.15, -0.1) is 0 Å². The fraction of sp³-hybridized carbons (Fsp3) is 0.214. The lowest BCUT2D eigenvalue weighted by molar-refractivity contribution is 0.0935.